The lowest BCUT2D eigenvalue weighted by molar-refractivity contribution is -0.120. The lowest BCUT2D eigenvalue weighted by atomic mass is 10.2. The topological polar surface area (TPSA) is 106 Å². The number of hydrazone groups is 1. The van der Waals surface area contributed by atoms with Gasteiger partial charge in [0.1, 0.15) is 5.69 Å². The second-order valence-electron chi connectivity index (χ2n) is 3.59. The van der Waals surface area contributed by atoms with Gasteiger partial charge in [-0.15, -0.1) is 0 Å². The molecule has 0 radical (unpaired) electrons. The first-order valence-electron chi connectivity index (χ1n) is 5.30. The van der Waals surface area contributed by atoms with Crippen molar-refractivity contribution in [3.63, 3.8) is 0 Å². The summed E-state index contributed by atoms with van der Waals surface area (Å²) in [7, 11) is 0. The van der Waals surface area contributed by atoms with Crippen LogP contribution in [0, 0.1) is 0 Å². The normalized spacial score (nSPS) is 10.8. The highest BCUT2D eigenvalue weighted by Crippen LogP contribution is 2.12. The van der Waals surface area contributed by atoms with Crippen LogP contribution in [0.2, 0.25) is 5.02 Å². The molecule has 2 rings (SSSR count). The third-order valence-electron chi connectivity index (χ3n) is 2.21. The van der Waals surface area contributed by atoms with E-state index in [-0.39, 0.29) is 23.8 Å². The third-order valence-corrected chi connectivity index (χ3v) is 2.56. The average Bonchev–Trinajstić information content (AvgIpc) is 2.77. The quantitative estimate of drug-likeness (QED) is 0.641. The third kappa shape index (κ3) is 3.52. The standard InChI is InChI=1S/C11H10ClN5O2/c12-8-4-2-1-3-7(8)6-14-15-10(18)5-9-11(13)17-19-16-9/h1-4,6H,5H2,(H2,13,17)(H,15,18). The summed E-state index contributed by atoms with van der Waals surface area (Å²) in [6, 6.07) is 7.12. The van der Waals surface area contributed by atoms with Gasteiger partial charge in [0.25, 0.3) is 0 Å². The van der Waals surface area contributed by atoms with Crippen molar-refractivity contribution in [1.29, 1.82) is 0 Å². The molecule has 3 N–H and O–H groups in total. The fourth-order valence-electron chi connectivity index (χ4n) is 1.28. The van der Waals surface area contributed by atoms with Gasteiger partial charge < -0.3 is 5.73 Å². The van der Waals surface area contributed by atoms with Gasteiger partial charge in [-0.25, -0.2) is 10.1 Å². The van der Waals surface area contributed by atoms with Gasteiger partial charge in [-0.1, -0.05) is 35.0 Å². The molecule has 0 unspecified atom stereocenters. The SMILES string of the molecule is Nc1nonc1CC(=O)NN=Cc1ccccc1Cl. The van der Waals surface area contributed by atoms with Gasteiger partial charge in [-0.2, -0.15) is 5.10 Å². The Morgan fingerprint density at radius 1 is 1.47 bits per heavy atom. The monoisotopic (exact) mass is 279 g/mol. The summed E-state index contributed by atoms with van der Waals surface area (Å²) in [5, 5.41) is 11.2. The van der Waals surface area contributed by atoms with Crippen LogP contribution >= 0.6 is 11.6 Å². The highest BCUT2D eigenvalue weighted by atomic mass is 35.5. The van der Waals surface area contributed by atoms with Crippen LogP contribution in [0.5, 0.6) is 0 Å². The zero-order chi connectivity index (χ0) is 13.7. The van der Waals surface area contributed by atoms with Crippen LogP contribution in [0.25, 0.3) is 0 Å². The number of carbonyl (C=O) groups is 1. The highest BCUT2D eigenvalue weighted by molar-refractivity contribution is 6.33. The highest BCUT2D eigenvalue weighted by Gasteiger charge is 2.10. The molecule has 8 heteroatoms. The molecular formula is C11H10ClN5O2. The van der Waals surface area contributed by atoms with Gasteiger partial charge in [-0.05, 0) is 11.2 Å². The van der Waals surface area contributed by atoms with Gasteiger partial charge in [-0.3, -0.25) is 4.79 Å². The molecule has 98 valence electrons. The number of nitrogen functional groups attached to an aromatic ring is 1. The van der Waals surface area contributed by atoms with Gasteiger partial charge in [0, 0.05) is 10.6 Å². The summed E-state index contributed by atoms with van der Waals surface area (Å²) >= 11 is 5.92. The molecule has 1 aromatic carbocycles. The molecule has 0 spiro atoms. The minimum atomic E-state index is -0.384. The number of halogens is 1. The van der Waals surface area contributed by atoms with Crippen molar-refractivity contribution in [3.8, 4) is 0 Å². The Kier molecular flexibility index (Phi) is 4.09. The Morgan fingerprint density at radius 2 is 2.26 bits per heavy atom. The summed E-state index contributed by atoms with van der Waals surface area (Å²) in [5.74, 6) is -0.295. The number of nitrogens with two attached hydrogens (primary N) is 1. The molecule has 0 bridgehead atoms. The number of anilines is 1. The minimum absolute atomic E-state index is 0.0603. The molecule has 1 heterocycles. The first-order chi connectivity index (χ1) is 9.16. The number of benzene rings is 1. The van der Waals surface area contributed by atoms with E-state index in [1.807, 2.05) is 6.07 Å². The van der Waals surface area contributed by atoms with Crippen LogP contribution in [-0.4, -0.2) is 22.4 Å². The maximum absolute atomic E-state index is 11.5. The van der Waals surface area contributed by atoms with E-state index in [0.29, 0.717) is 10.6 Å². The second kappa shape index (κ2) is 5.96. The van der Waals surface area contributed by atoms with Crippen molar-refractivity contribution < 1.29 is 9.42 Å². The number of hydrogen-bond donors (Lipinski definition) is 2. The zero-order valence-corrected chi connectivity index (χ0v) is 10.5. The van der Waals surface area contributed by atoms with Gasteiger partial charge in [0.2, 0.25) is 5.91 Å². The van der Waals surface area contributed by atoms with Crippen LogP contribution in [0.4, 0.5) is 5.82 Å². The predicted octanol–water partition coefficient (Wildman–Crippen LogP) is 0.998. The maximum Gasteiger partial charge on any atom is 0.246 e. The molecular weight excluding hydrogens is 270 g/mol. The molecule has 1 amide bonds. The van der Waals surface area contributed by atoms with Crippen LogP contribution in [-0.2, 0) is 11.2 Å². The van der Waals surface area contributed by atoms with Gasteiger partial charge in [0.05, 0.1) is 12.6 Å². The van der Waals surface area contributed by atoms with Crippen LogP contribution < -0.4 is 11.2 Å². The molecule has 0 aliphatic rings. The number of carbonyl (C=O) groups excluding carboxylic acids is 1. The summed E-state index contributed by atoms with van der Waals surface area (Å²) in [5.41, 5.74) is 8.73. The largest absolute Gasteiger partial charge is 0.379 e. The lowest BCUT2D eigenvalue weighted by Gasteiger charge is -1.98. The lowest BCUT2D eigenvalue weighted by Crippen LogP contribution is -2.20. The Bertz CT molecular complexity index is 611. The number of nitrogens with one attached hydrogen (secondary N) is 1. The average molecular weight is 280 g/mol. The molecule has 7 nitrogen and oxygen atoms in total. The second-order valence-corrected chi connectivity index (χ2v) is 3.99. The maximum atomic E-state index is 11.5. The van der Waals surface area contributed by atoms with Crippen molar-refractivity contribution in [1.82, 2.24) is 15.7 Å². The van der Waals surface area contributed by atoms with Crippen LogP contribution in [0.15, 0.2) is 34.0 Å². The molecule has 0 saturated carbocycles. The van der Waals surface area contributed by atoms with E-state index >= 15 is 0 Å². The molecule has 19 heavy (non-hydrogen) atoms. The van der Waals surface area contributed by atoms with Crippen molar-refractivity contribution in [3.05, 3.63) is 40.5 Å². The Hall–Kier alpha value is -2.41. The smallest absolute Gasteiger partial charge is 0.246 e. The Balaban J connectivity index is 1.91. The van der Waals surface area contributed by atoms with E-state index in [4.69, 9.17) is 17.3 Å². The molecule has 0 aliphatic heterocycles. The molecule has 0 saturated heterocycles. The van der Waals surface area contributed by atoms with Crippen molar-refractivity contribution >= 4 is 29.5 Å². The van der Waals surface area contributed by atoms with E-state index in [2.05, 4.69) is 25.5 Å². The Labute approximate surface area is 113 Å². The first kappa shape index (κ1) is 13.0. The first-order valence-corrected chi connectivity index (χ1v) is 5.68. The molecule has 2 aromatic rings. The van der Waals surface area contributed by atoms with Crippen molar-refractivity contribution in [2.45, 2.75) is 6.42 Å². The van der Waals surface area contributed by atoms with E-state index < -0.39 is 0 Å². The number of nitrogens with zero attached hydrogens (tertiary/aromatic N) is 3. The predicted molar refractivity (Wildman–Crippen MR) is 69.6 cm³/mol. The fraction of sp³-hybridized carbons (Fsp3) is 0.0909. The molecule has 0 fully saturated rings. The number of hydrogen-bond acceptors (Lipinski definition) is 6. The summed E-state index contributed by atoms with van der Waals surface area (Å²) < 4.78 is 4.37. The van der Waals surface area contributed by atoms with Gasteiger partial charge >= 0.3 is 0 Å². The molecule has 0 atom stereocenters. The summed E-state index contributed by atoms with van der Waals surface area (Å²) in [4.78, 5) is 11.5. The fourth-order valence-corrected chi connectivity index (χ4v) is 1.47. The van der Waals surface area contributed by atoms with E-state index in [0.717, 1.165) is 0 Å². The number of amides is 1. The van der Waals surface area contributed by atoms with Crippen LogP contribution in [0.1, 0.15) is 11.3 Å². The number of aromatic nitrogens is 2. The number of rotatable bonds is 4. The summed E-state index contributed by atoms with van der Waals surface area (Å²) in [6.07, 6.45) is 1.39. The van der Waals surface area contributed by atoms with Crippen molar-refractivity contribution in [2.24, 2.45) is 5.10 Å². The van der Waals surface area contributed by atoms with E-state index in [1.165, 1.54) is 6.21 Å². The molecule has 0 aliphatic carbocycles. The van der Waals surface area contributed by atoms with Crippen molar-refractivity contribution in [2.75, 3.05) is 5.73 Å². The van der Waals surface area contributed by atoms with E-state index in [9.17, 15) is 4.79 Å². The summed E-state index contributed by atoms with van der Waals surface area (Å²) in [6.45, 7) is 0. The van der Waals surface area contributed by atoms with Gasteiger partial charge in [0.15, 0.2) is 5.82 Å². The van der Waals surface area contributed by atoms with E-state index in [1.54, 1.807) is 18.2 Å². The minimum Gasteiger partial charge on any atom is -0.379 e. The van der Waals surface area contributed by atoms with Crippen LogP contribution in [0.3, 0.4) is 0 Å². The zero-order valence-electron chi connectivity index (χ0n) is 9.71. The molecule has 1 aromatic heterocycles. The Morgan fingerprint density at radius 3 is 2.95 bits per heavy atom.